The van der Waals surface area contributed by atoms with E-state index in [0.29, 0.717) is 23.9 Å². The highest BCUT2D eigenvalue weighted by Crippen LogP contribution is 2.21. The van der Waals surface area contributed by atoms with Gasteiger partial charge >= 0.3 is 0 Å². The van der Waals surface area contributed by atoms with Gasteiger partial charge in [-0.3, -0.25) is 9.79 Å². The van der Waals surface area contributed by atoms with Crippen LogP contribution in [0.25, 0.3) is 0 Å². The average Bonchev–Trinajstić information content (AvgIpc) is 3.32. The number of hydrogen-bond acceptors (Lipinski definition) is 4. The first-order valence-electron chi connectivity index (χ1n) is 10.2. The Morgan fingerprint density at radius 1 is 1.00 bits per heavy atom. The fourth-order valence-electron chi connectivity index (χ4n) is 2.92. The zero-order valence-electron chi connectivity index (χ0n) is 17.8. The van der Waals surface area contributed by atoms with Gasteiger partial charge in [0, 0.05) is 35.8 Å². The number of thioether (sulfide) groups is 1. The number of amides is 1. The number of carbonyl (C=O) groups is 1. The Morgan fingerprint density at radius 2 is 1.84 bits per heavy atom. The van der Waals surface area contributed by atoms with Crippen LogP contribution in [0.4, 0.5) is 0 Å². The molecule has 0 fully saturated rings. The molecule has 31 heavy (non-hydrogen) atoms. The van der Waals surface area contributed by atoms with Gasteiger partial charge in [0.05, 0.1) is 12.8 Å². The third-order valence-electron chi connectivity index (χ3n) is 4.51. The highest BCUT2D eigenvalue weighted by molar-refractivity contribution is 8.00. The summed E-state index contributed by atoms with van der Waals surface area (Å²) < 4.78 is 5.25. The number of rotatable bonds is 9. The molecule has 3 N–H and O–H groups in total. The van der Waals surface area contributed by atoms with Crippen LogP contribution in [0, 0.1) is 0 Å². The standard InChI is InChI=1S/C24H28N4O2S/c1-18(31-22-11-4-3-5-12-22)15-27-24(25-2)28-16-19-8-6-9-20(14-19)23(29)26-17-21-10-7-13-30-21/h3-14,18H,15-17H2,1-2H3,(H,26,29)(H2,25,27,28). The van der Waals surface area contributed by atoms with Gasteiger partial charge in [0.15, 0.2) is 5.96 Å². The van der Waals surface area contributed by atoms with Crippen molar-refractivity contribution >= 4 is 23.6 Å². The second-order valence-corrected chi connectivity index (χ2v) is 8.52. The number of carbonyl (C=O) groups excluding carboxylic acids is 1. The van der Waals surface area contributed by atoms with E-state index in [9.17, 15) is 4.79 Å². The van der Waals surface area contributed by atoms with Gasteiger partial charge in [-0.25, -0.2) is 0 Å². The van der Waals surface area contributed by atoms with Gasteiger partial charge in [-0.05, 0) is 42.0 Å². The van der Waals surface area contributed by atoms with Gasteiger partial charge in [0.1, 0.15) is 5.76 Å². The van der Waals surface area contributed by atoms with Gasteiger partial charge in [0.25, 0.3) is 5.91 Å². The van der Waals surface area contributed by atoms with Crippen LogP contribution in [-0.4, -0.2) is 30.7 Å². The lowest BCUT2D eigenvalue weighted by atomic mass is 10.1. The number of nitrogens with one attached hydrogen (secondary N) is 3. The van der Waals surface area contributed by atoms with Crippen LogP contribution < -0.4 is 16.0 Å². The Labute approximate surface area is 187 Å². The molecule has 3 rings (SSSR count). The summed E-state index contributed by atoms with van der Waals surface area (Å²) in [5.41, 5.74) is 1.61. The lowest BCUT2D eigenvalue weighted by molar-refractivity contribution is 0.0948. The quantitative estimate of drug-likeness (QED) is 0.268. The number of hydrogen-bond donors (Lipinski definition) is 3. The SMILES string of the molecule is CN=C(NCc1cccc(C(=O)NCc2ccco2)c1)NCC(C)Sc1ccccc1. The molecule has 0 aliphatic carbocycles. The molecule has 7 heteroatoms. The molecule has 0 saturated carbocycles. The van der Waals surface area contributed by atoms with Crippen molar-refractivity contribution in [3.05, 3.63) is 89.9 Å². The second-order valence-electron chi connectivity index (χ2n) is 7.01. The van der Waals surface area contributed by atoms with Crippen molar-refractivity contribution in [3.63, 3.8) is 0 Å². The molecule has 1 unspecified atom stereocenters. The summed E-state index contributed by atoms with van der Waals surface area (Å²) in [4.78, 5) is 17.9. The van der Waals surface area contributed by atoms with Crippen molar-refractivity contribution < 1.29 is 9.21 Å². The fourth-order valence-corrected chi connectivity index (χ4v) is 3.87. The Hall–Kier alpha value is -3.19. The lowest BCUT2D eigenvalue weighted by Crippen LogP contribution is -2.39. The molecule has 0 radical (unpaired) electrons. The number of aliphatic imine (C=N–C) groups is 1. The molecule has 3 aromatic rings. The smallest absolute Gasteiger partial charge is 0.251 e. The topological polar surface area (TPSA) is 78.7 Å². The first-order valence-corrected chi connectivity index (χ1v) is 11.1. The van der Waals surface area contributed by atoms with Gasteiger partial charge in [-0.1, -0.05) is 37.3 Å². The summed E-state index contributed by atoms with van der Waals surface area (Å²) in [6, 6.07) is 21.5. The Morgan fingerprint density at radius 3 is 2.58 bits per heavy atom. The average molecular weight is 437 g/mol. The first kappa shape index (κ1) is 22.5. The minimum absolute atomic E-state index is 0.132. The number of guanidine groups is 1. The third-order valence-corrected chi connectivity index (χ3v) is 5.63. The molecule has 2 aromatic carbocycles. The normalized spacial score (nSPS) is 12.3. The van der Waals surface area contributed by atoms with Crippen molar-refractivity contribution in [1.29, 1.82) is 0 Å². The molecule has 1 aromatic heterocycles. The van der Waals surface area contributed by atoms with Crippen molar-refractivity contribution in [2.45, 2.75) is 30.2 Å². The summed E-state index contributed by atoms with van der Waals surface area (Å²) in [5, 5.41) is 9.93. The van der Waals surface area contributed by atoms with E-state index in [1.807, 2.05) is 54.2 Å². The fraction of sp³-hybridized carbons (Fsp3) is 0.250. The molecule has 6 nitrogen and oxygen atoms in total. The molecule has 162 valence electrons. The van der Waals surface area contributed by atoms with Crippen molar-refractivity contribution in [1.82, 2.24) is 16.0 Å². The highest BCUT2D eigenvalue weighted by Gasteiger charge is 2.09. The zero-order valence-corrected chi connectivity index (χ0v) is 18.6. The van der Waals surface area contributed by atoms with E-state index in [1.165, 1.54) is 4.90 Å². The van der Waals surface area contributed by atoms with Gasteiger partial charge < -0.3 is 20.4 Å². The molecule has 0 bridgehead atoms. The monoisotopic (exact) mass is 436 g/mol. The minimum Gasteiger partial charge on any atom is -0.467 e. The maximum Gasteiger partial charge on any atom is 0.251 e. The van der Waals surface area contributed by atoms with Crippen LogP contribution in [0.3, 0.4) is 0 Å². The van der Waals surface area contributed by atoms with E-state index >= 15 is 0 Å². The van der Waals surface area contributed by atoms with Crippen LogP contribution >= 0.6 is 11.8 Å². The Kier molecular flexibility index (Phi) is 8.60. The molecule has 1 atom stereocenters. The van der Waals surface area contributed by atoms with E-state index in [1.54, 1.807) is 25.4 Å². The molecule has 0 spiro atoms. The number of benzene rings is 2. The molecule has 1 heterocycles. The van der Waals surface area contributed by atoms with Crippen molar-refractivity contribution in [3.8, 4) is 0 Å². The van der Waals surface area contributed by atoms with E-state index < -0.39 is 0 Å². The Balaban J connectivity index is 1.45. The predicted octanol–water partition coefficient (Wildman–Crippen LogP) is 4.06. The van der Waals surface area contributed by atoms with Crippen molar-refractivity contribution in [2.24, 2.45) is 4.99 Å². The van der Waals surface area contributed by atoms with Gasteiger partial charge in [-0.15, -0.1) is 11.8 Å². The summed E-state index contributed by atoms with van der Waals surface area (Å²) in [7, 11) is 1.75. The summed E-state index contributed by atoms with van der Waals surface area (Å²) in [5.74, 6) is 1.32. The molecular weight excluding hydrogens is 408 g/mol. The zero-order chi connectivity index (χ0) is 21.9. The summed E-state index contributed by atoms with van der Waals surface area (Å²) >= 11 is 1.82. The molecule has 1 amide bonds. The largest absolute Gasteiger partial charge is 0.467 e. The summed E-state index contributed by atoms with van der Waals surface area (Å²) in [6.45, 7) is 3.90. The van der Waals surface area contributed by atoms with Crippen LogP contribution in [0.2, 0.25) is 0 Å². The second kappa shape index (κ2) is 11.9. The van der Waals surface area contributed by atoms with Gasteiger partial charge in [0.2, 0.25) is 0 Å². The molecule has 0 aliphatic heterocycles. The van der Waals surface area contributed by atoms with Crippen molar-refractivity contribution in [2.75, 3.05) is 13.6 Å². The molecule has 0 aliphatic rings. The predicted molar refractivity (Wildman–Crippen MR) is 126 cm³/mol. The van der Waals surface area contributed by atoms with E-state index in [2.05, 4.69) is 40.0 Å². The number of nitrogens with zero attached hydrogens (tertiary/aromatic N) is 1. The van der Waals surface area contributed by atoms with Crippen LogP contribution in [0.1, 0.15) is 28.6 Å². The summed E-state index contributed by atoms with van der Waals surface area (Å²) in [6.07, 6.45) is 1.59. The third kappa shape index (κ3) is 7.53. The Bertz CT molecular complexity index is 974. The van der Waals surface area contributed by atoms with Crippen LogP contribution in [0.15, 0.2) is 87.3 Å². The van der Waals surface area contributed by atoms with E-state index in [4.69, 9.17) is 4.42 Å². The van der Waals surface area contributed by atoms with E-state index in [-0.39, 0.29) is 5.91 Å². The highest BCUT2D eigenvalue weighted by atomic mass is 32.2. The van der Waals surface area contributed by atoms with Gasteiger partial charge in [-0.2, -0.15) is 0 Å². The van der Waals surface area contributed by atoms with E-state index in [0.717, 1.165) is 23.8 Å². The molecular formula is C24H28N4O2S. The van der Waals surface area contributed by atoms with Crippen LogP contribution in [0.5, 0.6) is 0 Å². The lowest BCUT2D eigenvalue weighted by Gasteiger charge is -2.16. The maximum absolute atomic E-state index is 12.4. The number of furan rings is 1. The van der Waals surface area contributed by atoms with Crippen LogP contribution in [-0.2, 0) is 13.1 Å². The first-order chi connectivity index (χ1) is 15.1. The molecule has 0 saturated heterocycles. The minimum atomic E-state index is -0.132. The maximum atomic E-state index is 12.4.